The molecule has 1 atom stereocenters. The van der Waals surface area contributed by atoms with Gasteiger partial charge in [0.05, 0.1) is 0 Å². The average molecular weight is 172 g/mol. The van der Waals surface area contributed by atoms with Crippen LogP contribution < -0.4 is 5.73 Å². The normalized spacial score (nSPS) is 12.8. The third kappa shape index (κ3) is 2.53. The summed E-state index contributed by atoms with van der Waals surface area (Å²) < 4.78 is 0. The van der Waals surface area contributed by atoms with Crippen LogP contribution in [0.2, 0.25) is 0 Å². The highest BCUT2D eigenvalue weighted by Gasteiger charge is 2.21. The summed E-state index contributed by atoms with van der Waals surface area (Å²) in [6.07, 6.45) is 0. The minimum atomic E-state index is -0.528. The van der Waals surface area contributed by atoms with Gasteiger partial charge < -0.3 is 10.6 Å². The molecule has 2 N–H and O–H groups in total. The highest BCUT2D eigenvalue weighted by Crippen LogP contribution is 2.02. The van der Waals surface area contributed by atoms with E-state index < -0.39 is 11.9 Å². The smallest absolute Gasteiger partial charge is 0.239 e. The van der Waals surface area contributed by atoms with Gasteiger partial charge in [0.25, 0.3) is 0 Å². The van der Waals surface area contributed by atoms with Crippen LogP contribution in [0.4, 0.5) is 0 Å². The van der Waals surface area contributed by atoms with E-state index in [1.54, 1.807) is 27.8 Å². The van der Waals surface area contributed by atoms with Gasteiger partial charge in [0.15, 0.2) is 0 Å². The standard InChI is InChI=1S/C8H16N2O2/c1-5(2)8(12)10(4)6(3)7(9)11/h5-6H,1-4H3,(H2,9,11)/t6-/m0/s1. The Morgan fingerprint density at radius 3 is 1.92 bits per heavy atom. The Labute approximate surface area is 72.7 Å². The van der Waals surface area contributed by atoms with Gasteiger partial charge in [0.2, 0.25) is 11.8 Å². The third-order valence-corrected chi connectivity index (χ3v) is 1.83. The van der Waals surface area contributed by atoms with E-state index >= 15 is 0 Å². The largest absolute Gasteiger partial charge is 0.368 e. The molecule has 0 bridgehead atoms. The van der Waals surface area contributed by atoms with Gasteiger partial charge in [-0.2, -0.15) is 0 Å². The molecule has 0 rings (SSSR count). The van der Waals surface area contributed by atoms with E-state index in [4.69, 9.17) is 5.73 Å². The van der Waals surface area contributed by atoms with Gasteiger partial charge >= 0.3 is 0 Å². The minimum absolute atomic E-state index is 0.0682. The lowest BCUT2D eigenvalue weighted by molar-refractivity contribution is -0.139. The van der Waals surface area contributed by atoms with Gasteiger partial charge in [0, 0.05) is 13.0 Å². The molecule has 4 nitrogen and oxygen atoms in total. The third-order valence-electron chi connectivity index (χ3n) is 1.83. The van der Waals surface area contributed by atoms with Gasteiger partial charge in [-0.15, -0.1) is 0 Å². The number of rotatable bonds is 3. The van der Waals surface area contributed by atoms with Crippen LogP contribution in [-0.4, -0.2) is 29.8 Å². The van der Waals surface area contributed by atoms with Gasteiger partial charge in [-0.1, -0.05) is 13.8 Å². The summed E-state index contributed by atoms with van der Waals surface area (Å²) in [4.78, 5) is 23.4. The summed E-state index contributed by atoms with van der Waals surface area (Å²) >= 11 is 0. The molecule has 0 aliphatic heterocycles. The molecule has 12 heavy (non-hydrogen) atoms. The summed E-state index contributed by atoms with van der Waals surface area (Å²) in [5.74, 6) is -0.649. The summed E-state index contributed by atoms with van der Waals surface area (Å²) in [6, 6.07) is -0.528. The van der Waals surface area contributed by atoms with Crippen LogP contribution >= 0.6 is 0 Å². The van der Waals surface area contributed by atoms with Crippen LogP contribution in [0.5, 0.6) is 0 Å². The number of likely N-dealkylation sites (N-methyl/N-ethyl adjacent to an activating group) is 1. The highest BCUT2D eigenvalue weighted by molar-refractivity contribution is 5.86. The van der Waals surface area contributed by atoms with Crippen molar-refractivity contribution in [3.8, 4) is 0 Å². The predicted molar refractivity (Wildman–Crippen MR) is 46.3 cm³/mol. The number of nitrogens with two attached hydrogens (primary N) is 1. The highest BCUT2D eigenvalue weighted by atomic mass is 16.2. The lowest BCUT2D eigenvalue weighted by Gasteiger charge is -2.23. The molecule has 2 amide bonds. The number of hydrogen-bond donors (Lipinski definition) is 1. The average Bonchev–Trinajstić information content (AvgIpc) is 2.00. The molecule has 0 spiro atoms. The van der Waals surface area contributed by atoms with Crippen LogP contribution in [-0.2, 0) is 9.59 Å². The van der Waals surface area contributed by atoms with Crippen molar-refractivity contribution in [3.05, 3.63) is 0 Å². The van der Waals surface area contributed by atoms with Crippen LogP contribution in [0.15, 0.2) is 0 Å². The maximum atomic E-state index is 11.3. The first kappa shape index (κ1) is 10.9. The van der Waals surface area contributed by atoms with Crippen LogP contribution in [0.25, 0.3) is 0 Å². The molecule has 0 aromatic heterocycles. The summed E-state index contributed by atoms with van der Waals surface area (Å²) in [5.41, 5.74) is 5.04. The fourth-order valence-electron chi connectivity index (χ4n) is 0.789. The Hall–Kier alpha value is -1.06. The monoisotopic (exact) mass is 172 g/mol. The second-order valence-electron chi connectivity index (χ2n) is 3.18. The van der Waals surface area contributed by atoms with Crippen molar-refractivity contribution >= 4 is 11.8 Å². The lowest BCUT2D eigenvalue weighted by atomic mass is 10.1. The molecule has 0 aromatic rings. The van der Waals surface area contributed by atoms with Gasteiger partial charge in [-0.25, -0.2) is 0 Å². The molecular weight excluding hydrogens is 156 g/mol. The maximum absolute atomic E-state index is 11.3. The molecule has 0 heterocycles. The first-order valence-corrected chi connectivity index (χ1v) is 3.94. The zero-order chi connectivity index (χ0) is 9.89. The van der Waals surface area contributed by atoms with E-state index in [0.29, 0.717) is 0 Å². The zero-order valence-corrected chi connectivity index (χ0v) is 8.00. The van der Waals surface area contributed by atoms with Gasteiger partial charge in [-0.05, 0) is 6.92 Å². The Morgan fingerprint density at radius 1 is 1.25 bits per heavy atom. The lowest BCUT2D eigenvalue weighted by Crippen LogP contribution is -2.45. The number of nitrogens with zero attached hydrogens (tertiary/aromatic N) is 1. The van der Waals surface area contributed by atoms with Crippen LogP contribution in [0.1, 0.15) is 20.8 Å². The van der Waals surface area contributed by atoms with Crippen molar-refractivity contribution < 1.29 is 9.59 Å². The van der Waals surface area contributed by atoms with E-state index in [0.717, 1.165) is 0 Å². The Balaban J connectivity index is 4.29. The van der Waals surface area contributed by atoms with Crippen molar-refractivity contribution in [1.29, 1.82) is 0 Å². The summed E-state index contributed by atoms with van der Waals surface area (Å²) in [5, 5.41) is 0. The number of hydrogen-bond acceptors (Lipinski definition) is 2. The molecule has 0 aromatic carbocycles. The number of amides is 2. The van der Waals surface area contributed by atoms with Crippen LogP contribution in [0.3, 0.4) is 0 Å². The summed E-state index contributed by atoms with van der Waals surface area (Å²) in [6.45, 7) is 5.18. The van der Waals surface area contributed by atoms with E-state index in [2.05, 4.69) is 0 Å². The van der Waals surface area contributed by atoms with E-state index in [9.17, 15) is 9.59 Å². The fourth-order valence-corrected chi connectivity index (χ4v) is 0.789. The second-order valence-corrected chi connectivity index (χ2v) is 3.18. The SMILES string of the molecule is CC(C)C(=O)N(C)[C@@H](C)C(N)=O. The van der Waals surface area contributed by atoms with Gasteiger partial charge in [-0.3, -0.25) is 9.59 Å². The Bertz CT molecular complexity index is 189. The fraction of sp³-hybridized carbons (Fsp3) is 0.750. The zero-order valence-electron chi connectivity index (χ0n) is 8.00. The van der Waals surface area contributed by atoms with E-state index in [-0.39, 0.29) is 11.8 Å². The molecule has 0 aliphatic rings. The van der Waals surface area contributed by atoms with Crippen molar-refractivity contribution in [3.63, 3.8) is 0 Å². The first-order valence-electron chi connectivity index (χ1n) is 3.94. The maximum Gasteiger partial charge on any atom is 0.239 e. The molecule has 0 fully saturated rings. The Morgan fingerprint density at radius 2 is 1.67 bits per heavy atom. The number of carbonyl (C=O) groups is 2. The molecule has 0 radical (unpaired) electrons. The molecule has 0 aliphatic carbocycles. The quantitative estimate of drug-likeness (QED) is 0.650. The molecular formula is C8H16N2O2. The molecule has 0 unspecified atom stereocenters. The van der Waals surface area contributed by atoms with Crippen LogP contribution in [0, 0.1) is 5.92 Å². The summed E-state index contributed by atoms with van der Waals surface area (Å²) in [7, 11) is 1.58. The Kier molecular flexibility index (Phi) is 3.73. The molecule has 4 heteroatoms. The molecule has 70 valence electrons. The van der Waals surface area contributed by atoms with E-state index in [1.807, 2.05) is 0 Å². The molecule has 0 saturated carbocycles. The second kappa shape index (κ2) is 4.09. The number of carbonyl (C=O) groups excluding carboxylic acids is 2. The first-order chi connectivity index (χ1) is 5.37. The van der Waals surface area contributed by atoms with Gasteiger partial charge in [0.1, 0.15) is 6.04 Å². The van der Waals surface area contributed by atoms with E-state index in [1.165, 1.54) is 4.90 Å². The van der Waals surface area contributed by atoms with Crippen molar-refractivity contribution in [1.82, 2.24) is 4.90 Å². The minimum Gasteiger partial charge on any atom is -0.368 e. The topological polar surface area (TPSA) is 63.4 Å². The predicted octanol–water partition coefficient (Wildman–Crippen LogP) is -0.0254. The van der Waals surface area contributed by atoms with Crippen molar-refractivity contribution in [2.24, 2.45) is 11.7 Å². The molecule has 0 saturated heterocycles. The number of primary amides is 1. The van der Waals surface area contributed by atoms with Crippen molar-refractivity contribution in [2.45, 2.75) is 26.8 Å². The van der Waals surface area contributed by atoms with Crippen molar-refractivity contribution in [2.75, 3.05) is 7.05 Å².